The summed E-state index contributed by atoms with van der Waals surface area (Å²) in [6, 6.07) is 1.99. The second-order valence-electron chi connectivity index (χ2n) is 7.06. The van der Waals surface area contributed by atoms with Gasteiger partial charge in [-0.15, -0.1) is 0 Å². The molecule has 1 aliphatic heterocycles. The lowest BCUT2D eigenvalue weighted by atomic mass is 10.0. The van der Waals surface area contributed by atoms with Gasteiger partial charge >= 0.3 is 0 Å². The average molecular weight is 377 g/mol. The van der Waals surface area contributed by atoms with Gasteiger partial charge in [-0.1, -0.05) is 50.1 Å². The van der Waals surface area contributed by atoms with Crippen LogP contribution in [0.5, 0.6) is 5.88 Å². The summed E-state index contributed by atoms with van der Waals surface area (Å²) >= 11 is 0. The Labute approximate surface area is 167 Å². The van der Waals surface area contributed by atoms with E-state index in [0.717, 1.165) is 23.1 Å². The number of nitrogens with zero attached hydrogens (tertiary/aromatic N) is 3. The zero-order chi connectivity index (χ0) is 20.7. The van der Waals surface area contributed by atoms with Crippen LogP contribution < -0.4 is 4.74 Å². The van der Waals surface area contributed by atoms with Crippen molar-refractivity contribution in [1.82, 2.24) is 9.99 Å². The molecule has 28 heavy (non-hydrogen) atoms. The van der Waals surface area contributed by atoms with Crippen LogP contribution in [0.4, 0.5) is 0 Å². The highest BCUT2D eigenvalue weighted by Crippen LogP contribution is 2.33. The van der Waals surface area contributed by atoms with E-state index in [9.17, 15) is 4.79 Å². The van der Waals surface area contributed by atoms with Crippen molar-refractivity contribution in [3.05, 3.63) is 85.2 Å². The molecule has 0 saturated heterocycles. The third-order valence-electron chi connectivity index (χ3n) is 4.11. The molecule has 0 fully saturated rings. The molecule has 0 N–H and O–H groups in total. The lowest BCUT2D eigenvalue weighted by Crippen LogP contribution is -2.26. The van der Waals surface area contributed by atoms with Gasteiger partial charge in [-0.3, -0.25) is 4.79 Å². The van der Waals surface area contributed by atoms with Gasteiger partial charge in [0.1, 0.15) is 5.60 Å². The largest absolute Gasteiger partial charge is 0.471 e. The highest BCUT2D eigenvalue weighted by Gasteiger charge is 2.31. The average Bonchev–Trinajstić information content (AvgIpc) is 2.95. The van der Waals surface area contributed by atoms with Crippen molar-refractivity contribution >= 4 is 11.6 Å². The molecule has 0 atom stereocenters. The SMILES string of the molecule is C=C/C=C\C(=C/C=C)CN(/N=C(\C=C)c1cnc2c(c1)CC(C)(C)O2)C(C)=O. The maximum absolute atomic E-state index is 12.2. The molecule has 1 aromatic heterocycles. The number of ether oxygens (including phenoxy) is 1. The highest BCUT2D eigenvalue weighted by molar-refractivity contribution is 6.08. The van der Waals surface area contributed by atoms with E-state index in [1.807, 2.05) is 32.1 Å². The summed E-state index contributed by atoms with van der Waals surface area (Å²) in [6.45, 7) is 17.1. The Balaban J connectivity index is 2.34. The van der Waals surface area contributed by atoms with E-state index in [4.69, 9.17) is 4.74 Å². The lowest BCUT2D eigenvalue weighted by Gasteiger charge is -2.17. The number of amides is 1. The minimum atomic E-state index is -0.271. The molecule has 0 unspecified atom stereocenters. The minimum Gasteiger partial charge on any atom is -0.471 e. The normalized spacial score (nSPS) is 15.7. The topological polar surface area (TPSA) is 54.8 Å². The number of hydrazone groups is 1. The summed E-state index contributed by atoms with van der Waals surface area (Å²) in [4.78, 5) is 16.6. The molecular weight excluding hydrogens is 350 g/mol. The Morgan fingerprint density at radius 3 is 2.71 bits per heavy atom. The predicted octanol–water partition coefficient (Wildman–Crippen LogP) is 4.39. The van der Waals surface area contributed by atoms with E-state index in [1.165, 1.54) is 11.9 Å². The Kier molecular flexibility index (Phi) is 6.88. The third kappa shape index (κ3) is 5.39. The zero-order valence-electron chi connectivity index (χ0n) is 16.8. The summed E-state index contributed by atoms with van der Waals surface area (Å²) in [7, 11) is 0. The van der Waals surface area contributed by atoms with Gasteiger partial charge in [0.2, 0.25) is 11.8 Å². The van der Waals surface area contributed by atoms with Crippen LogP contribution in [0.15, 0.2) is 79.1 Å². The smallest absolute Gasteiger partial charge is 0.239 e. The summed E-state index contributed by atoms with van der Waals surface area (Å²) < 4.78 is 5.83. The van der Waals surface area contributed by atoms with Crippen molar-refractivity contribution in [2.45, 2.75) is 32.8 Å². The number of carbonyl (C=O) groups excluding carboxylic acids is 1. The fourth-order valence-electron chi connectivity index (χ4n) is 2.85. The maximum atomic E-state index is 12.2. The molecule has 0 aromatic carbocycles. The van der Waals surface area contributed by atoms with Crippen molar-refractivity contribution in [2.75, 3.05) is 6.54 Å². The van der Waals surface area contributed by atoms with E-state index in [-0.39, 0.29) is 11.5 Å². The van der Waals surface area contributed by atoms with E-state index in [0.29, 0.717) is 18.1 Å². The minimum absolute atomic E-state index is 0.181. The number of rotatable bonds is 8. The van der Waals surface area contributed by atoms with Crippen molar-refractivity contribution in [3.8, 4) is 5.88 Å². The first kappa shape index (κ1) is 21.1. The van der Waals surface area contributed by atoms with Gasteiger partial charge in [0.15, 0.2) is 0 Å². The predicted molar refractivity (Wildman–Crippen MR) is 114 cm³/mol. The van der Waals surface area contributed by atoms with Crippen molar-refractivity contribution in [3.63, 3.8) is 0 Å². The first-order valence-corrected chi connectivity index (χ1v) is 9.08. The van der Waals surface area contributed by atoms with Crippen LogP contribution in [0.3, 0.4) is 0 Å². The van der Waals surface area contributed by atoms with Crippen LogP contribution in [-0.2, 0) is 11.2 Å². The fourth-order valence-corrected chi connectivity index (χ4v) is 2.85. The van der Waals surface area contributed by atoms with E-state index in [1.54, 1.807) is 30.5 Å². The van der Waals surface area contributed by atoms with Gasteiger partial charge < -0.3 is 4.74 Å². The molecule has 0 aliphatic carbocycles. The molecule has 1 aliphatic rings. The van der Waals surface area contributed by atoms with Gasteiger partial charge in [-0.05, 0) is 31.6 Å². The molecule has 0 spiro atoms. The number of aromatic nitrogens is 1. The molecule has 146 valence electrons. The van der Waals surface area contributed by atoms with Crippen LogP contribution in [-0.4, -0.2) is 33.8 Å². The molecule has 5 heteroatoms. The van der Waals surface area contributed by atoms with Crippen LogP contribution in [0.1, 0.15) is 31.9 Å². The van der Waals surface area contributed by atoms with Gasteiger partial charge in [0.25, 0.3) is 0 Å². The standard InChI is InChI=1S/C23H27N3O2/c1-7-10-12-18(11-8-2)16-26(17(4)27)25-21(9-3)20-13-19-14-23(5,6)28-22(19)24-15-20/h7-13,15H,1-3,14,16H2,4-6H3/b12-10-,18-11+,25-21+. The van der Waals surface area contributed by atoms with E-state index in [2.05, 4.69) is 29.8 Å². The maximum Gasteiger partial charge on any atom is 0.239 e. The van der Waals surface area contributed by atoms with Crippen LogP contribution in [0.2, 0.25) is 0 Å². The molecule has 0 bridgehead atoms. The van der Waals surface area contributed by atoms with Crippen LogP contribution in [0.25, 0.3) is 0 Å². The molecule has 0 saturated carbocycles. The Morgan fingerprint density at radius 2 is 2.11 bits per heavy atom. The zero-order valence-corrected chi connectivity index (χ0v) is 16.8. The summed E-state index contributed by atoms with van der Waals surface area (Å²) in [6.07, 6.45) is 12.9. The van der Waals surface area contributed by atoms with Gasteiger partial charge in [-0.2, -0.15) is 5.10 Å². The first-order valence-electron chi connectivity index (χ1n) is 9.08. The highest BCUT2D eigenvalue weighted by atomic mass is 16.5. The van der Waals surface area contributed by atoms with Gasteiger partial charge in [0, 0.05) is 30.7 Å². The van der Waals surface area contributed by atoms with E-state index >= 15 is 0 Å². The molecule has 0 radical (unpaired) electrons. The molecular formula is C23H27N3O2. The molecule has 2 heterocycles. The Bertz CT molecular complexity index is 876. The molecule has 2 rings (SSSR count). The lowest BCUT2D eigenvalue weighted by molar-refractivity contribution is -0.128. The molecule has 5 nitrogen and oxygen atoms in total. The molecule has 1 aromatic rings. The summed E-state index contributed by atoms with van der Waals surface area (Å²) in [5.41, 5.74) is 2.98. The quantitative estimate of drug-likeness (QED) is 0.384. The van der Waals surface area contributed by atoms with Crippen molar-refractivity contribution < 1.29 is 9.53 Å². The van der Waals surface area contributed by atoms with Crippen molar-refractivity contribution in [1.29, 1.82) is 0 Å². The summed E-state index contributed by atoms with van der Waals surface area (Å²) in [5, 5.41) is 5.92. The second kappa shape index (κ2) is 9.13. The monoisotopic (exact) mass is 377 g/mol. The number of hydrogen-bond acceptors (Lipinski definition) is 4. The van der Waals surface area contributed by atoms with Gasteiger partial charge in [-0.25, -0.2) is 9.99 Å². The molecule has 1 amide bonds. The fraction of sp³-hybridized carbons (Fsp3) is 0.261. The number of pyridine rings is 1. The van der Waals surface area contributed by atoms with E-state index < -0.39 is 0 Å². The Morgan fingerprint density at radius 1 is 1.36 bits per heavy atom. The number of fused-ring (bicyclic) bond motifs is 1. The van der Waals surface area contributed by atoms with Crippen LogP contribution >= 0.6 is 0 Å². The van der Waals surface area contributed by atoms with Crippen LogP contribution in [0, 0.1) is 0 Å². The van der Waals surface area contributed by atoms with Gasteiger partial charge in [0.05, 0.1) is 12.3 Å². The summed E-state index contributed by atoms with van der Waals surface area (Å²) in [5.74, 6) is 0.464. The van der Waals surface area contributed by atoms with Crippen molar-refractivity contribution in [2.24, 2.45) is 5.10 Å². The first-order chi connectivity index (χ1) is 13.3. The second-order valence-corrected chi connectivity index (χ2v) is 7.06. The Hall–Kier alpha value is -3.21. The number of allylic oxidation sites excluding steroid dienone is 5. The number of hydrogen-bond donors (Lipinski definition) is 0. The third-order valence-corrected chi connectivity index (χ3v) is 4.11. The number of carbonyl (C=O) groups is 1.